The molecule has 5 rings (SSSR count). The number of nitrogens with zero attached hydrogens (tertiary/aromatic N) is 1. The molecule has 0 saturated carbocycles. The molecule has 1 aliphatic heterocycles. The van der Waals surface area contributed by atoms with E-state index >= 15 is 0 Å². The minimum absolute atomic E-state index is 0.0450. The SMILES string of the molecule is COc1ccc(N2C(=O)c3oc4ccc(Cl)cc4c(=O)c3C2c2ccc(Br)cc2)cc1. The summed E-state index contributed by atoms with van der Waals surface area (Å²) >= 11 is 9.56. The van der Waals surface area contributed by atoms with Gasteiger partial charge in [-0.05, 0) is 60.2 Å². The molecule has 0 fully saturated rings. The van der Waals surface area contributed by atoms with E-state index in [1.165, 1.54) is 0 Å². The zero-order valence-corrected chi connectivity index (χ0v) is 18.6. The molecule has 1 atom stereocenters. The lowest BCUT2D eigenvalue weighted by atomic mass is 9.98. The number of ether oxygens (including phenoxy) is 1. The molecule has 5 nitrogen and oxygen atoms in total. The average molecular weight is 497 g/mol. The zero-order chi connectivity index (χ0) is 21.7. The summed E-state index contributed by atoms with van der Waals surface area (Å²) in [5.41, 5.74) is 1.79. The Morgan fingerprint density at radius 2 is 1.71 bits per heavy atom. The van der Waals surface area contributed by atoms with E-state index in [4.69, 9.17) is 20.8 Å². The Morgan fingerprint density at radius 1 is 1.00 bits per heavy atom. The first-order valence-electron chi connectivity index (χ1n) is 9.47. The molecular formula is C24H15BrClNO4. The van der Waals surface area contributed by atoms with Crippen LogP contribution in [0.2, 0.25) is 5.02 Å². The van der Waals surface area contributed by atoms with Crippen LogP contribution in [0.3, 0.4) is 0 Å². The van der Waals surface area contributed by atoms with E-state index in [0.29, 0.717) is 33.0 Å². The van der Waals surface area contributed by atoms with Crippen LogP contribution in [-0.4, -0.2) is 13.0 Å². The average Bonchev–Trinajstić information content (AvgIpc) is 3.07. The molecule has 1 amide bonds. The molecule has 7 heteroatoms. The number of amides is 1. The van der Waals surface area contributed by atoms with Crippen LogP contribution in [0.1, 0.15) is 27.7 Å². The molecule has 0 N–H and O–H groups in total. The number of rotatable bonds is 3. The van der Waals surface area contributed by atoms with Gasteiger partial charge in [-0.2, -0.15) is 0 Å². The highest BCUT2D eigenvalue weighted by atomic mass is 79.9. The monoisotopic (exact) mass is 495 g/mol. The molecule has 1 aromatic heterocycles. The number of methoxy groups -OCH3 is 1. The fourth-order valence-corrected chi connectivity index (χ4v) is 4.35. The lowest BCUT2D eigenvalue weighted by Crippen LogP contribution is -2.29. The van der Waals surface area contributed by atoms with Gasteiger partial charge in [0.2, 0.25) is 5.76 Å². The fourth-order valence-electron chi connectivity index (χ4n) is 3.91. The molecule has 154 valence electrons. The van der Waals surface area contributed by atoms with Gasteiger partial charge in [-0.15, -0.1) is 0 Å². The van der Waals surface area contributed by atoms with Crippen LogP contribution in [0.25, 0.3) is 11.0 Å². The van der Waals surface area contributed by atoms with Crippen molar-refractivity contribution >= 4 is 50.1 Å². The Bertz CT molecular complexity index is 1380. The van der Waals surface area contributed by atoms with Gasteiger partial charge in [-0.3, -0.25) is 14.5 Å². The molecule has 0 spiro atoms. The molecule has 4 aromatic rings. The van der Waals surface area contributed by atoms with Crippen molar-refractivity contribution in [2.45, 2.75) is 6.04 Å². The fraction of sp³-hybridized carbons (Fsp3) is 0.0833. The lowest BCUT2D eigenvalue weighted by Gasteiger charge is -2.25. The highest BCUT2D eigenvalue weighted by Gasteiger charge is 2.43. The maximum Gasteiger partial charge on any atom is 0.295 e. The van der Waals surface area contributed by atoms with Crippen molar-refractivity contribution in [1.82, 2.24) is 0 Å². The Labute approximate surface area is 190 Å². The maximum absolute atomic E-state index is 13.5. The molecule has 0 saturated heterocycles. The Hall–Kier alpha value is -3.09. The highest BCUT2D eigenvalue weighted by Crippen LogP contribution is 2.41. The maximum atomic E-state index is 13.5. The summed E-state index contributed by atoms with van der Waals surface area (Å²) in [6.45, 7) is 0. The van der Waals surface area contributed by atoms with Crippen molar-refractivity contribution < 1.29 is 13.9 Å². The van der Waals surface area contributed by atoms with Crippen LogP contribution in [0, 0.1) is 0 Å². The second kappa shape index (κ2) is 7.55. The van der Waals surface area contributed by atoms with Gasteiger partial charge >= 0.3 is 0 Å². The van der Waals surface area contributed by atoms with Gasteiger partial charge in [0, 0.05) is 15.2 Å². The summed E-state index contributed by atoms with van der Waals surface area (Å²) < 4.78 is 12.1. The van der Waals surface area contributed by atoms with Crippen molar-refractivity contribution in [1.29, 1.82) is 0 Å². The predicted molar refractivity (Wildman–Crippen MR) is 123 cm³/mol. The van der Waals surface area contributed by atoms with Crippen molar-refractivity contribution in [3.05, 3.63) is 103 Å². The van der Waals surface area contributed by atoms with Crippen molar-refractivity contribution in [2.75, 3.05) is 12.0 Å². The summed E-state index contributed by atoms with van der Waals surface area (Å²) in [6, 6.07) is 18.8. The summed E-state index contributed by atoms with van der Waals surface area (Å²) in [5, 5.41) is 0.772. The number of fused-ring (bicyclic) bond motifs is 2. The summed E-state index contributed by atoms with van der Waals surface area (Å²) in [4.78, 5) is 28.6. The molecule has 1 aliphatic rings. The van der Waals surface area contributed by atoms with Crippen molar-refractivity contribution in [2.24, 2.45) is 0 Å². The number of carbonyl (C=O) groups is 1. The van der Waals surface area contributed by atoms with E-state index in [2.05, 4.69) is 15.9 Å². The van der Waals surface area contributed by atoms with E-state index in [9.17, 15) is 9.59 Å². The molecule has 0 bridgehead atoms. The molecular weight excluding hydrogens is 482 g/mol. The van der Waals surface area contributed by atoms with E-state index in [-0.39, 0.29) is 17.1 Å². The topological polar surface area (TPSA) is 59.8 Å². The molecule has 2 heterocycles. The normalized spacial score (nSPS) is 15.4. The van der Waals surface area contributed by atoms with Gasteiger partial charge in [-0.1, -0.05) is 39.7 Å². The smallest absolute Gasteiger partial charge is 0.295 e. The minimum Gasteiger partial charge on any atom is -0.497 e. The second-order valence-corrected chi connectivity index (χ2v) is 8.49. The van der Waals surface area contributed by atoms with E-state index < -0.39 is 6.04 Å². The third-order valence-electron chi connectivity index (χ3n) is 5.37. The number of benzene rings is 3. The number of carbonyl (C=O) groups excluding carboxylic acids is 1. The van der Waals surface area contributed by atoms with E-state index in [0.717, 1.165) is 10.0 Å². The number of halogens is 2. The largest absolute Gasteiger partial charge is 0.497 e. The zero-order valence-electron chi connectivity index (χ0n) is 16.3. The second-order valence-electron chi connectivity index (χ2n) is 7.14. The standard InChI is InChI=1S/C24H15BrClNO4/c1-30-17-9-7-16(8-10-17)27-21(13-2-4-14(25)5-3-13)20-22(28)18-12-15(26)6-11-19(18)31-23(20)24(27)29/h2-12,21H,1H3. The molecule has 0 radical (unpaired) electrons. The van der Waals surface area contributed by atoms with Gasteiger partial charge in [0.25, 0.3) is 5.91 Å². The van der Waals surface area contributed by atoms with Crippen LogP contribution in [0.4, 0.5) is 5.69 Å². The van der Waals surface area contributed by atoms with Gasteiger partial charge in [-0.25, -0.2) is 0 Å². The Balaban J connectivity index is 1.78. The molecule has 3 aromatic carbocycles. The third-order valence-corrected chi connectivity index (χ3v) is 6.13. The van der Waals surface area contributed by atoms with E-state index in [1.807, 2.05) is 24.3 Å². The van der Waals surface area contributed by atoms with Crippen molar-refractivity contribution in [3.8, 4) is 5.75 Å². The summed E-state index contributed by atoms with van der Waals surface area (Å²) in [6.07, 6.45) is 0. The quantitative estimate of drug-likeness (QED) is 0.351. The van der Waals surface area contributed by atoms with Crippen LogP contribution in [0.15, 0.2) is 80.4 Å². The summed E-state index contributed by atoms with van der Waals surface area (Å²) in [7, 11) is 1.58. The number of anilines is 1. The van der Waals surface area contributed by atoms with Gasteiger partial charge < -0.3 is 9.15 Å². The predicted octanol–water partition coefficient (Wildman–Crippen LogP) is 5.97. The first-order valence-corrected chi connectivity index (χ1v) is 10.6. The lowest BCUT2D eigenvalue weighted by molar-refractivity contribution is 0.0971. The minimum atomic E-state index is -0.636. The van der Waals surface area contributed by atoms with Gasteiger partial charge in [0.1, 0.15) is 11.3 Å². The van der Waals surface area contributed by atoms with Crippen LogP contribution in [0.5, 0.6) is 5.75 Å². The first-order chi connectivity index (χ1) is 15.0. The number of hydrogen-bond acceptors (Lipinski definition) is 4. The Kier molecular flexibility index (Phi) is 4.84. The molecule has 0 aliphatic carbocycles. The number of hydrogen-bond donors (Lipinski definition) is 0. The van der Waals surface area contributed by atoms with Crippen LogP contribution >= 0.6 is 27.5 Å². The third kappa shape index (κ3) is 3.23. The Morgan fingerprint density at radius 3 is 2.39 bits per heavy atom. The molecule has 31 heavy (non-hydrogen) atoms. The highest BCUT2D eigenvalue weighted by molar-refractivity contribution is 9.10. The molecule has 1 unspecified atom stereocenters. The van der Waals surface area contributed by atoms with E-state index in [1.54, 1.807) is 54.5 Å². The van der Waals surface area contributed by atoms with Gasteiger partial charge in [0.15, 0.2) is 5.43 Å². The van der Waals surface area contributed by atoms with Crippen molar-refractivity contribution in [3.63, 3.8) is 0 Å². The summed E-state index contributed by atoms with van der Waals surface area (Å²) in [5.74, 6) is 0.341. The van der Waals surface area contributed by atoms with Crippen LogP contribution < -0.4 is 15.1 Å². The van der Waals surface area contributed by atoms with Crippen LogP contribution in [-0.2, 0) is 0 Å². The first kappa shape index (κ1) is 19.8. The van der Waals surface area contributed by atoms with Gasteiger partial charge in [0.05, 0.1) is 24.1 Å².